The summed E-state index contributed by atoms with van der Waals surface area (Å²) < 4.78 is 14.3. The Kier molecular flexibility index (Phi) is 6.52. The molecule has 0 aliphatic carbocycles. The van der Waals surface area contributed by atoms with Crippen LogP contribution in [0.5, 0.6) is 0 Å². The molecule has 1 aliphatic rings. The van der Waals surface area contributed by atoms with E-state index in [9.17, 15) is 9.50 Å². The van der Waals surface area contributed by atoms with Crippen molar-refractivity contribution in [3.8, 4) is 0 Å². The van der Waals surface area contributed by atoms with Crippen molar-refractivity contribution >= 4 is 5.71 Å². The maximum absolute atomic E-state index is 14.3. The zero-order valence-corrected chi connectivity index (χ0v) is 16.7. The predicted molar refractivity (Wildman–Crippen MR) is 116 cm³/mol. The molecule has 2 unspecified atom stereocenters. The molecule has 0 radical (unpaired) electrons. The van der Waals surface area contributed by atoms with E-state index in [0.29, 0.717) is 31.6 Å². The molecule has 4 rings (SSSR count). The zero-order valence-electron chi connectivity index (χ0n) is 16.7. The molecule has 1 N–H and O–H groups in total. The molecule has 3 aromatic rings. The first-order chi connectivity index (χ1) is 14.7. The van der Waals surface area contributed by atoms with Crippen molar-refractivity contribution in [3.05, 3.63) is 107 Å². The van der Waals surface area contributed by atoms with Gasteiger partial charge in [-0.2, -0.15) is 0 Å². The third-order valence-corrected chi connectivity index (χ3v) is 5.27. The Hall–Kier alpha value is -3.02. The molecule has 0 fully saturated rings. The monoisotopic (exact) mass is 404 g/mol. The predicted octanol–water partition coefficient (Wildman–Crippen LogP) is 4.55. The van der Waals surface area contributed by atoms with Gasteiger partial charge in [-0.3, -0.25) is 4.90 Å². The highest BCUT2D eigenvalue weighted by molar-refractivity contribution is 6.01. The molecule has 2 atom stereocenters. The van der Waals surface area contributed by atoms with Crippen LogP contribution in [0.3, 0.4) is 0 Å². The fraction of sp³-hybridized carbons (Fsp3) is 0.240. The van der Waals surface area contributed by atoms with Crippen molar-refractivity contribution < 1.29 is 14.3 Å². The summed E-state index contributed by atoms with van der Waals surface area (Å²) in [5.74, 6) is -0.245. The molecule has 1 aliphatic heterocycles. The van der Waals surface area contributed by atoms with Crippen molar-refractivity contribution in [2.24, 2.45) is 5.16 Å². The second-order valence-corrected chi connectivity index (χ2v) is 7.55. The lowest BCUT2D eigenvalue weighted by Gasteiger charge is -2.27. The lowest BCUT2D eigenvalue weighted by Crippen LogP contribution is -2.35. The van der Waals surface area contributed by atoms with Crippen LogP contribution < -0.4 is 0 Å². The highest BCUT2D eigenvalue weighted by atomic mass is 19.1. The van der Waals surface area contributed by atoms with Gasteiger partial charge in [0.1, 0.15) is 11.9 Å². The third kappa shape index (κ3) is 5.12. The van der Waals surface area contributed by atoms with Gasteiger partial charge < -0.3 is 9.94 Å². The fourth-order valence-corrected chi connectivity index (χ4v) is 3.71. The quantitative estimate of drug-likeness (QED) is 0.599. The molecular formula is C25H25FN2O2. The first-order valence-corrected chi connectivity index (χ1v) is 10.2. The Bertz CT molecular complexity index is 979. The van der Waals surface area contributed by atoms with Crippen LogP contribution in [0.2, 0.25) is 0 Å². The summed E-state index contributed by atoms with van der Waals surface area (Å²) in [5.41, 5.74) is 3.39. The number of hydrogen-bond acceptors (Lipinski definition) is 4. The lowest BCUT2D eigenvalue weighted by molar-refractivity contribution is 0.0314. The SMILES string of the molecule is OC(CN(Cc1ccccc1F)CC1CC(c2ccccc2)=NO1)c1ccccc1. The number of benzene rings is 3. The second-order valence-electron chi connectivity index (χ2n) is 7.55. The third-order valence-electron chi connectivity index (χ3n) is 5.27. The Morgan fingerprint density at radius 3 is 2.37 bits per heavy atom. The summed E-state index contributed by atoms with van der Waals surface area (Å²) >= 11 is 0. The smallest absolute Gasteiger partial charge is 0.145 e. The van der Waals surface area contributed by atoms with Crippen LogP contribution in [0.1, 0.15) is 29.2 Å². The summed E-state index contributed by atoms with van der Waals surface area (Å²) in [6, 6.07) is 26.2. The largest absolute Gasteiger partial charge is 0.390 e. The molecule has 0 saturated heterocycles. The molecule has 154 valence electrons. The molecule has 5 heteroatoms. The summed E-state index contributed by atoms with van der Waals surface area (Å²) in [6.45, 7) is 1.30. The van der Waals surface area contributed by atoms with Gasteiger partial charge in [0.05, 0.1) is 11.8 Å². The van der Waals surface area contributed by atoms with E-state index in [4.69, 9.17) is 4.84 Å². The molecule has 0 bridgehead atoms. The lowest BCUT2D eigenvalue weighted by atomic mass is 10.0. The van der Waals surface area contributed by atoms with Crippen LogP contribution in [0.4, 0.5) is 4.39 Å². The van der Waals surface area contributed by atoms with E-state index in [0.717, 1.165) is 16.8 Å². The van der Waals surface area contributed by atoms with Gasteiger partial charge in [-0.05, 0) is 17.2 Å². The van der Waals surface area contributed by atoms with Gasteiger partial charge >= 0.3 is 0 Å². The number of halogens is 1. The maximum Gasteiger partial charge on any atom is 0.145 e. The Labute approximate surface area is 176 Å². The molecule has 0 aromatic heterocycles. The van der Waals surface area contributed by atoms with E-state index in [1.165, 1.54) is 6.07 Å². The number of aliphatic hydroxyl groups excluding tert-OH is 1. The van der Waals surface area contributed by atoms with Gasteiger partial charge in [0.25, 0.3) is 0 Å². The normalized spacial score (nSPS) is 16.9. The van der Waals surface area contributed by atoms with Crippen molar-refractivity contribution in [1.82, 2.24) is 4.90 Å². The molecule has 0 amide bonds. The van der Waals surface area contributed by atoms with Crippen LogP contribution in [0.25, 0.3) is 0 Å². The van der Waals surface area contributed by atoms with Gasteiger partial charge in [-0.15, -0.1) is 0 Å². The summed E-state index contributed by atoms with van der Waals surface area (Å²) in [4.78, 5) is 7.71. The van der Waals surface area contributed by atoms with E-state index < -0.39 is 6.10 Å². The average Bonchev–Trinajstić information content (AvgIpc) is 3.25. The topological polar surface area (TPSA) is 45.1 Å². The summed E-state index contributed by atoms with van der Waals surface area (Å²) in [7, 11) is 0. The number of aliphatic hydroxyl groups is 1. The molecule has 30 heavy (non-hydrogen) atoms. The minimum absolute atomic E-state index is 0.144. The van der Waals surface area contributed by atoms with Crippen molar-refractivity contribution in [3.63, 3.8) is 0 Å². The van der Waals surface area contributed by atoms with Gasteiger partial charge in [-0.25, -0.2) is 4.39 Å². The number of nitrogens with zero attached hydrogens (tertiary/aromatic N) is 2. The number of oxime groups is 1. The average molecular weight is 404 g/mol. The molecular weight excluding hydrogens is 379 g/mol. The first kappa shape index (κ1) is 20.3. The molecule has 3 aromatic carbocycles. The van der Waals surface area contributed by atoms with Crippen LogP contribution >= 0.6 is 0 Å². The van der Waals surface area contributed by atoms with Crippen molar-refractivity contribution in [2.75, 3.05) is 13.1 Å². The minimum Gasteiger partial charge on any atom is -0.390 e. The van der Waals surface area contributed by atoms with Crippen LogP contribution in [-0.2, 0) is 11.4 Å². The molecule has 4 nitrogen and oxygen atoms in total. The van der Waals surface area contributed by atoms with Gasteiger partial charge in [0, 0.05) is 31.6 Å². The molecule has 0 saturated carbocycles. The van der Waals surface area contributed by atoms with E-state index in [2.05, 4.69) is 5.16 Å². The standard InChI is InChI=1S/C25H25FN2O2/c26-23-14-8-7-13-21(23)16-28(18-25(29)20-11-5-2-6-12-20)17-22-15-24(27-30-22)19-9-3-1-4-10-19/h1-14,22,25,29H,15-18H2. The van der Waals surface area contributed by atoms with Gasteiger partial charge in [-0.1, -0.05) is 84.0 Å². The highest BCUT2D eigenvalue weighted by Crippen LogP contribution is 2.21. The van der Waals surface area contributed by atoms with E-state index in [1.54, 1.807) is 12.1 Å². The number of hydrogen-bond donors (Lipinski definition) is 1. The van der Waals surface area contributed by atoms with Gasteiger partial charge in [0.15, 0.2) is 0 Å². The van der Waals surface area contributed by atoms with Crippen LogP contribution in [0.15, 0.2) is 90.1 Å². The Morgan fingerprint density at radius 1 is 0.967 bits per heavy atom. The van der Waals surface area contributed by atoms with Crippen LogP contribution in [0, 0.1) is 5.82 Å². The van der Waals surface area contributed by atoms with Crippen molar-refractivity contribution in [1.29, 1.82) is 0 Å². The highest BCUT2D eigenvalue weighted by Gasteiger charge is 2.26. The fourth-order valence-electron chi connectivity index (χ4n) is 3.71. The summed E-state index contributed by atoms with van der Waals surface area (Å²) in [6.07, 6.45) is -0.136. The minimum atomic E-state index is -0.672. The number of rotatable bonds is 8. The van der Waals surface area contributed by atoms with E-state index in [-0.39, 0.29) is 11.9 Å². The first-order valence-electron chi connectivity index (χ1n) is 10.2. The molecule has 1 heterocycles. The molecule has 0 spiro atoms. The van der Waals surface area contributed by atoms with Crippen LogP contribution in [-0.4, -0.2) is 34.9 Å². The zero-order chi connectivity index (χ0) is 20.8. The van der Waals surface area contributed by atoms with Gasteiger partial charge in [0.2, 0.25) is 0 Å². The van der Waals surface area contributed by atoms with Crippen molar-refractivity contribution in [2.45, 2.75) is 25.2 Å². The van der Waals surface area contributed by atoms with E-state index in [1.807, 2.05) is 71.6 Å². The Balaban J connectivity index is 1.45. The maximum atomic E-state index is 14.3. The second kappa shape index (κ2) is 9.65. The summed E-state index contributed by atoms with van der Waals surface area (Å²) in [5, 5.41) is 15.0. The Morgan fingerprint density at radius 2 is 1.63 bits per heavy atom. The van der Waals surface area contributed by atoms with E-state index >= 15 is 0 Å².